The molecule has 0 atom stereocenters. The summed E-state index contributed by atoms with van der Waals surface area (Å²) < 4.78 is 40.5. The molecule has 10 nitrogen and oxygen atoms in total. The van der Waals surface area contributed by atoms with Gasteiger partial charge in [-0.05, 0) is 36.4 Å². The van der Waals surface area contributed by atoms with Gasteiger partial charge in [0.2, 0.25) is 0 Å². The van der Waals surface area contributed by atoms with Crippen molar-refractivity contribution in [2.75, 3.05) is 23.3 Å². The minimum Gasteiger partial charge on any atom is -0.490 e. The second-order valence-electron chi connectivity index (χ2n) is 7.33. The molecule has 1 amide bonds. The van der Waals surface area contributed by atoms with Crippen molar-refractivity contribution in [3.05, 3.63) is 76.2 Å². The van der Waals surface area contributed by atoms with Gasteiger partial charge >= 0.3 is 0 Å². The Labute approximate surface area is 197 Å². The van der Waals surface area contributed by atoms with Gasteiger partial charge in [-0.2, -0.15) is 0 Å². The third-order valence-corrected chi connectivity index (χ3v) is 7.16. The highest BCUT2D eigenvalue weighted by atomic mass is 32.2. The van der Waals surface area contributed by atoms with E-state index in [0.717, 1.165) is 0 Å². The van der Waals surface area contributed by atoms with Crippen molar-refractivity contribution in [2.45, 2.75) is 11.3 Å². The van der Waals surface area contributed by atoms with E-state index in [4.69, 9.17) is 9.47 Å². The van der Waals surface area contributed by atoms with Crippen LogP contribution >= 0.6 is 11.3 Å². The zero-order valence-electron chi connectivity index (χ0n) is 17.6. The third kappa shape index (κ3) is 4.32. The van der Waals surface area contributed by atoms with Gasteiger partial charge in [0.05, 0.1) is 18.1 Å². The number of carbonyl (C=O) groups is 1. The predicted octanol–water partition coefficient (Wildman–Crippen LogP) is 2.97. The number of nitrogens with one attached hydrogen (secondary N) is 2. The minimum atomic E-state index is -3.88. The van der Waals surface area contributed by atoms with E-state index in [1.807, 2.05) is 0 Å². The number of aromatic nitrogens is 2. The summed E-state index contributed by atoms with van der Waals surface area (Å²) in [6, 6.07) is 10.5. The lowest BCUT2D eigenvalue weighted by Crippen LogP contribution is -2.25. The number of hydrogen-bond acceptors (Lipinski definition) is 8. The molecular weight excluding hydrogens is 480 g/mol. The summed E-state index contributed by atoms with van der Waals surface area (Å²) in [6.45, 7) is 0.953. The number of rotatable bonds is 5. The van der Waals surface area contributed by atoms with Crippen LogP contribution in [0.25, 0.3) is 4.96 Å². The molecule has 1 aliphatic heterocycles. The normalized spacial score (nSPS) is 13.3. The van der Waals surface area contributed by atoms with Gasteiger partial charge in [0, 0.05) is 41.6 Å². The van der Waals surface area contributed by atoms with Gasteiger partial charge in [-0.25, -0.2) is 13.4 Å². The minimum absolute atomic E-state index is 0.0333. The molecule has 4 aromatic rings. The van der Waals surface area contributed by atoms with Crippen LogP contribution in [-0.4, -0.2) is 36.9 Å². The van der Waals surface area contributed by atoms with Crippen molar-refractivity contribution >= 4 is 43.6 Å². The fourth-order valence-electron chi connectivity index (χ4n) is 3.33. The molecule has 174 valence electrons. The third-order valence-electron chi connectivity index (χ3n) is 5.01. The van der Waals surface area contributed by atoms with Crippen molar-refractivity contribution in [1.82, 2.24) is 9.38 Å². The zero-order chi connectivity index (χ0) is 23.7. The Bertz CT molecular complexity index is 1540. The summed E-state index contributed by atoms with van der Waals surface area (Å²) in [5.74, 6) is 0.271. The van der Waals surface area contributed by atoms with Crippen LogP contribution in [0, 0.1) is 0 Å². The van der Waals surface area contributed by atoms with Crippen LogP contribution in [0.1, 0.15) is 16.8 Å². The number of ether oxygens (including phenoxy) is 2. The molecule has 0 saturated carbocycles. The van der Waals surface area contributed by atoms with Crippen molar-refractivity contribution < 1.29 is 22.7 Å². The van der Waals surface area contributed by atoms with Crippen LogP contribution in [0.5, 0.6) is 11.5 Å². The molecule has 0 saturated heterocycles. The van der Waals surface area contributed by atoms with E-state index < -0.39 is 21.5 Å². The van der Waals surface area contributed by atoms with E-state index >= 15 is 0 Å². The summed E-state index contributed by atoms with van der Waals surface area (Å²) in [4.78, 5) is 29.6. The van der Waals surface area contributed by atoms with Gasteiger partial charge in [-0.15, -0.1) is 11.3 Å². The summed E-state index contributed by atoms with van der Waals surface area (Å²) in [5, 5.41) is 4.33. The monoisotopic (exact) mass is 498 g/mol. The molecule has 0 fully saturated rings. The predicted molar refractivity (Wildman–Crippen MR) is 127 cm³/mol. The molecule has 2 aromatic carbocycles. The van der Waals surface area contributed by atoms with Gasteiger partial charge < -0.3 is 14.8 Å². The van der Waals surface area contributed by atoms with Crippen LogP contribution in [0.4, 0.5) is 11.4 Å². The average molecular weight is 499 g/mol. The van der Waals surface area contributed by atoms with E-state index in [9.17, 15) is 18.0 Å². The van der Waals surface area contributed by atoms with E-state index in [1.54, 1.807) is 17.6 Å². The molecule has 2 N–H and O–H groups in total. The topological polar surface area (TPSA) is 128 Å². The lowest BCUT2D eigenvalue weighted by atomic mass is 10.2. The fraction of sp³-hybridized carbons (Fsp3) is 0.136. The van der Waals surface area contributed by atoms with Crippen molar-refractivity contribution in [3.8, 4) is 11.5 Å². The molecule has 1 aliphatic rings. The van der Waals surface area contributed by atoms with Crippen LogP contribution in [0.3, 0.4) is 0 Å². The molecule has 12 heteroatoms. The van der Waals surface area contributed by atoms with Crippen molar-refractivity contribution in [2.24, 2.45) is 0 Å². The number of nitrogens with zero attached hydrogens (tertiary/aromatic N) is 2. The highest BCUT2D eigenvalue weighted by molar-refractivity contribution is 7.92. The van der Waals surface area contributed by atoms with Crippen LogP contribution in [-0.2, 0) is 10.0 Å². The number of fused-ring (bicyclic) bond motifs is 2. The second kappa shape index (κ2) is 8.80. The lowest BCUT2D eigenvalue weighted by molar-refractivity contribution is 0.102. The first-order valence-corrected chi connectivity index (χ1v) is 12.6. The second-order valence-corrected chi connectivity index (χ2v) is 9.88. The highest BCUT2D eigenvalue weighted by Gasteiger charge is 2.19. The first-order chi connectivity index (χ1) is 16.4. The Morgan fingerprint density at radius 1 is 1.03 bits per heavy atom. The van der Waals surface area contributed by atoms with Gasteiger partial charge in [-0.1, -0.05) is 0 Å². The molecule has 0 radical (unpaired) electrons. The maximum Gasteiger partial charge on any atom is 0.271 e. The Hall–Kier alpha value is -3.90. The maximum atomic E-state index is 12.8. The number of carbonyl (C=O) groups excluding carboxylic acids is 1. The Morgan fingerprint density at radius 2 is 1.76 bits per heavy atom. The number of hydrogen-bond donors (Lipinski definition) is 2. The Kier molecular flexibility index (Phi) is 5.67. The van der Waals surface area contributed by atoms with Gasteiger partial charge in [0.1, 0.15) is 5.56 Å². The quantitative estimate of drug-likeness (QED) is 0.433. The largest absolute Gasteiger partial charge is 0.490 e. The smallest absolute Gasteiger partial charge is 0.271 e. The fourth-order valence-corrected chi connectivity index (χ4v) is 5.07. The van der Waals surface area contributed by atoms with E-state index in [2.05, 4.69) is 15.0 Å². The molecule has 0 aliphatic carbocycles. The van der Waals surface area contributed by atoms with E-state index in [0.29, 0.717) is 47.5 Å². The number of sulfonamides is 1. The lowest BCUT2D eigenvalue weighted by Gasteiger charge is -2.12. The van der Waals surface area contributed by atoms with Crippen LogP contribution < -0.4 is 25.1 Å². The summed E-state index contributed by atoms with van der Waals surface area (Å²) in [7, 11) is -3.88. The van der Waals surface area contributed by atoms with E-state index in [-0.39, 0.29) is 10.5 Å². The maximum absolute atomic E-state index is 12.8. The summed E-state index contributed by atoms with van der Waals surface area (Å²) in [5.41, 5.74) is 0.114. The number of amides is 1. The molecule has 2 aromatic heterocycles. The molecular formula is C22H18N4O6S2. The Balaban J connectivity index is 1.30. The van der Waals surface area contributed by atoms with Gasteiger partial charge in [0.15, 0.2) is 16.5 Å². The molecule has 0 spiro atoms. The first-order valence-electron chi connectivity index (χ1n) is 10.2. The van der Waals surface area contributed by atoms with Crippen molar-refractivity contribution in [3.63, 3.8) is 0 Å². The number of thiazole rings is 1. The summed E-state index contributed by atoms with van der Waals surface area (Å²) in [6.07, 6.45) is 3.50. The van der Waals surface area contributed by atoms with E-state index in [1.165, 1.54) is 58.3 Å². The highest BCUT2D eigenvalue weighted by Crippen LogP contribution is 2.32. The summed E-state index contributed by atoms with van der Waals surface area (Å²) >= 11 is 1.29. The molecule has 5 rings (SSSR count). The zero-order valence-corrected chi connectivity index (χ0v) is 19.2. The SMILES string of the molecule is O=C(Nc1ccc(NS(=O)(=O)c2ccc3c(c2)OCCCO3)cc1)c1cnc2sccn2c1=O. The first kappa shape index (κ1) is 21.9. The Morgan fingerprint density at radius 3 is 2.56 bits per heavy atom. The number of benzene rings is 2. The number of anilines is 2. The molecule has 0 bridgehead atoms. The van der Waals surface area contributed by atoms with Gasteiger partial charge in [0.25, 0.3) is 21.5 Å². The van der Waals surface area contributed by atoms with Crippen LogP contribution in [0.2, 0.25) is 0 Å². The average Bonchev–Trinajstić information content (AvgIpc) is 3.18. The molecule has 3 heterocycles. The standard InChI is InChI=1S/C22H18N4O6S2/c27-20(17-13-23-22-26(21(17)28)8-11-33-22)24-14-2-4-15(5-3-14)25-34(29,30)16-6-7-18-19(12-16)32-10-1-9-31-18/h2-8,11-13,25H,1,9-10H2,(H,24,27). The molecule has 34 heavy (non-hydrogen) atoms. The van der Waals surface area contributed by atoms with Gasteiger partial charge in [-0.3, -0.25) is 18.7 Å². The van der Waals surface area contributed by atoms with Crippen molar-refractivity contribution in [1.29, 1.82) is 0 Å². The molecule has 0 unspecified atom stereocenters. The van der Waals surface area contributed by atoms with Crippen LogP contribution in [0.15, 0.2) is 69.9 Å².